The summed E-state index contributed by atoms with van der Waals surface area (Å²) in [5.41, 5.74) is 2.45. The highest BCUT2D eigenvalue weighted by Gasteiger charge is 2.23. The van der Waals surface area contributed by atoms with Crippen molar-refractivity contribution in [1.82, 2.24) is 14.3 Å². The number of piperazine rings is 1. The zero-order valence-corrected chi connectivity index (χ0v) is 18.1. The summed E-state index contributed by atoms with van der Waals surface area (Å²) < 4.78 is 9.25. The summed E-state index contributed by atoms with van der Waals surface area (Å²) in [6.45, 7) is 8.84. The molecule has 1 N–H and O–H groups in total. The fourth-order valence-electron chi connectivity index (χ4n) is 3.49. The first-order valence-electron chi connectivity index (χ1n) is 9.52. The van der Waals surface area contributed by atoms with E-state index in [2.05, 4.69) is 23.0 Å². The van der Waals surface area contributed by atoms with Gasteiger partial charge < -0.3 is 19.1 Å². The van der Waals surface area contributed by atoms with E-state index in [-0.39, 0.29) is 12.4 Å². The third-order valence-electron chi connectivity index (χ3n) is 5.09. The number of carbonyl (C=O) groups is 1. The normalized spacial score (nSPS) is 15.1. The number of anilines is 1. The first-order chi connectivity index (χ1) is 13.4. The maximum Gasteiger partial charge on any atom is 0.313 e. The Hall–Kier alpha value is -1.90. The summed E-state index contributed by atoms with van der Waals surface area (Å²) in [4.78, 5) is 15.6. The monoisotopic (exact) mass is 424 g/mol. The second kappa shape index (κ2) is 9.07. The molecule has 0 amide bonds. The Morgan fingerprint density at radius 2 is 2.07 bits per heavy atom. The molecule has 0 atom stereocenters. The fourth-order valence-corrected chi connectivity index (χ4v) is 3.86. The number of esters is 1. The maximum absolute atomic E-state index is 11.8. The summed E-state index contributed by atoms with van der Waals surface area (Å²) >= 11 is 11.7. The number of hydrogen-bond acceptors (Lipinski definition) is 5. The van der Waals surface area contributed by atoms with Gasteiger partial charge in [0.25, 0.3) is 0 Å². The lowest BCUT2D eigenvalue weighted by atomic mass is 10.1. The van der Waals surface area contributed by atoms with Crippen molar-refractivity contribution in [3.05, 3.63) is 39.4 Å². The minimum absolute atomic E-state index is 0.137. The molecular weight excluding hydrogens is 398 g/mol. The number of aryl methyl sites for hydroxylation is 1. The van der Waals surface area contributed by atoms with Crippen LogP contribution in [0.5, 0.6) is 0 Å². The van der Waals surface area contributed by atoms with Crippen molar-refractivity contribution in [2.75, 3.05) is 37.7 Å². The molecule has 0 bridgehead atoms. The summed E-state index contributed by atoms with van der Waals surface area (Å²) in [6.07, 6.45) is 0.137. The highest BCUT2D eigenvalue weighted by Crippen LogP contribution is 2.24. The third-order valence-corrected chi connectivity index (χ3v) is 5.81. The Morgan fingerprint density at radius 1 is 1.36 bits per heavy atom. The van der Waals surface area contributed by atoms with Crippen LogP contribution in [0, 0.1) is 11.7 Å². The van der Waals surface area contributed by atoms with E-state index in [1.807, 2.05) is 23.9 Å². The number of halogens is 1. The molecule has 1 fully saturated rings. The molecular formula is C19H27ClN5O2S+. The molecule has 1 aliphatic rings. The number of aromatic nitrogens is 3. The predicted octanol–water partition coefficient (Wildman–Crippen LogP) is 1.38. The lowest BCUT2D eigenvalue weighted by Crippen LogP contribution is -3.14. The van der Waals surface area contributed by atoms with Crippen molar-refractivity contribution < 1.29 is 14.4 Å². The van der Waals surface area contributed by atoms with Gasteiger partial charge in [-0.3, -0.25) is 4.79 Å². The van der Waals surface area contributed by atoms with Crippen molar-refractivity contribution in [3.63, 3.8) is 0 Å². The molecule has 0 radical (unpaired) electrons. The topological polar surface area (TPSA) is 56.7 Å². The van der Waals surface area contributed by atoms with Crippen molar-refractivity contribution in [1.29, 1.82) is 0 Å². The minimum Gasteiger partial charge on any atom is -0.466 e. The average Bonchev–Trinajstić information content (AvgIpc) is 2.92. The van der Waals surface area contributed by atoms with Crippen LogP contribution in [0.2, 0.25) is 5.02 Å². The maximum atomic E-state index is 11.8. The Labute approximate surface area is 175 Å². The summed E-state index contributed by atoms with van der Waals surface area (Å²) in [6, 6.07) is 6.03. The first kappa shape index (κ1) is 20.8. The zero-order chi connectivity index (χ0) is 20.3. The van der Waals surface area contributed by atoms with Gasteiger partial charge in [-0.25, -0.2) is 0 Å². The number of rotatable bonds is 6. The molecule has 1 saturated heterocycles. The van der Waals surface area contributed by atoms with E-state index in [9.17, 15) is 4.79 Å². The van der Waals surface area contributed by atoms with Gasteiger partial charge >= 0.3 is 5.97 Å². The lowest BCUT2D eigenvalue weighted by Gasteiger charge is -2.34. The fraction of sp³-hybridized carbons (Fsp3) is 0.526. The van der Waals surface area contributed by atoms with Gasteiger partial charge in [0.2, 0.25) is 4.77 Å². The van der Waals surface area contributed by atoms with Gasteiger partial charge in [0.15, 0.2) is 6.67 Å². The first-order valence-corrected chi connectivity index (χ1v) is 10.3. The molecule has 7 nitrogen and oxygen atoms in total. The van der Waals surface area contributed by atoms with E-state index >= 15 is 0 Å². The van der Waals surface area contributed by atoms with Crippen molar-refractivity contribution in [2.45, 2.75) is 26.9 Å². The summed E-state index contributed by atoms with van der Waals surface area (Å²) in [5.74, 6) is 0.353. The second-order valence-electron chi connectivity index (χ2n) is 7.07. The zero-order valence-electron chi connectivity index (χ0n) is 16.6. The molecule has 2 aromatic rings. The molecule has 1 aromatic carbocycles. The van der Waals surface area contributed by atoms with Crippen LogP contribution in [0.15, 0.2) is 18.2 Å². The number of nitrogens with one attached hydrogen (secondary N) is 1. The molecule has 152 valence electrons. The Balaban J connectivity index is 1.62. The highest BCUT2D eigenvalue weighted by atomic mass is 35.5. The van der Waals surface area contributed by atoms with E-state index in [0.29, 0.717) is 23.9 Å². The molecule has 0 unspecified atom stereocenters. The van der Waals surface area contributed by atoms with E-state index in [4.69, 9.17) is 28.6 Å². The molecule has 28 heavy (non-hydrogen) atoms. The Kier molecular flexibility index (Phi) is 6.74. The van der Waals surface area contributed by atoms with Crippen LogP contribution in [0.1, 0.15) is 18.3 Å². The number of ether oxygens (including phenoxy) is 1. The quantitative estimate of drug-likeness (QED) is 0.561. The van der Waals surface area contributed by atoms with E-state index in [1.165, 1.54) is 16.2 Å². The molecule has 0 saturated carbocycles. The molecule has 1 aliphatic heterocycles. The second-order valence-corrected chi connectivity index (χ2v) is 7.87. The van der Waals surface area contributed by atoms with Crippen molar-refractivity contribution >= 4 is 35.5 Å². The minimum atomic E-state index is -0.282. The summed E-state index contributed by atoms with van der Waals surface area (Å²) in [7, 11) is 1.84. The van der Waals surface area contributed by atoms with Crippen LogP contribution in [0.25, 0.3) is 0 Å². The largest absolute Gasteiger partial charge is 0.466 e. The van der Waals surface area contributed by atoms with Gasteiger partial charge in [-0.1, -0.05) is 17.7 Å². The van der Waals surface area contributed by atoms with Crippen LogP contribution < -0.4 is 9.80 Å². The molecule has 1 aromatic heterocycles. The van der Waals surface area contributed by atoms with Gasteiger partial charge in [0, 0.05) is 17.8 Å². The SMILES string of the molecule is CCOC(=O)Cc1nn(C[NH+]2CCN(c3cc(Cl)ccc3C)CC2)c(=S)n1C. The Morgan fingerprint density at radius 3 is 2.75 bits per heavy atom. The van der Waals surface area contributed by atoms with Crippen LogP contribution in [-0.4, -0.2) is 53.1 Å². The number of quaternary nitrogens is 1. The van der Waals surface area contributed by atoms with Gasteiger partial charge in [-0.2, -0.15) is 9.78 Å². The van der Waals surface area contributed by atoms with Crippen molar-refractivity contribution in [3.8, 4) is 0 Å². The third kappa shape index (κ3) is 4.74. The van der Waals surface area contributed by atoms with Gasteiger partial charge in [-0.15, -0.1) is 0 Å². The lowest BCUT2D eigenvalue weighted by molar-refractivity contribution is -0.924. The van der Waals surface area contributed by atoms with E-state index in [1.54, 1.807) is 11.5 Å². The van der Waals surface area contributed by atoms with Gasteiger partial charge in [0.05, 0.1) is 32.8 Å². The highest BCUT2D eigenvalue weighted by molar-refractivity contribution is 7.71. The number of benzene rings is 1. The average molecular weight is 425 g/mol. The van der Waals surface area contributed by atoms with Crippen LogP contribution >= 0.6 is 23.8 Å². The number of carbonyl (C=O) groups excluding carboxylic acids is 1. The van der Waals surface area contributed by atoms with Crippen molar-refractivity contribution in [2.24, 2.45) is 7.05 Å². The van der Waals surface area contributed by atoms with Crippen LogP contribution in [0.4, 0.5) is 5.69 Å². The van der Waals surface area contributed by atoms with Gasteiger partial charge in [-0.05, 0) is 43.8 Å². The molecule has 9 heteroatoms. The molecule has 0 spiro atoms. The Bertz CT molecular complexity index is 902. The molecule has 3 rings (SSSR count). The van der Waals surface area contributed by atoms with E-state index < -0.39 is 0 Å². The van der Waals surface area contributed by atoms with Gasteiger partial charge in [0.1, 0.15) is 12.2 Å². The smallest absolute Gasteiger partial charge is 0.313 e. The van der Waals surface area contributed by atoms with E-state index in [0.717, 1.165) is 31.2 Å². The summed E-state index contributed by atoms with van der Waals surface area (Å²) in [5, 5.41) is 5.32. The standard InChI is InChI=1S/C19H26ClN5O2S/c1-4-27-18(26)12-17-21-25(19(28)22(17)3)13-23-7-9-24(10-8-23)16-11-15(20)6-5-14(16)2/h5-6,11H,4,7-10,12-13H2,1-3H3/p+1. The van der Waals surface area contributed by atoms with Crippen LogP contribution in [-0.2, 0) is 29.7 Å². The predicted molar refractivity (Wildman–Crippen MR) is 111 cm³/mol. The molecule has 2 heterocycles. The number of hydrogen-bond donors (Lipinski definition) is 1. The van der Waals surface area contributed by atoms with Crippen LogP contribution in [0.3, 0.4) is 0 Å². The molecule has 0 aliphatic carbocycles. The number of nitrogens with zero attached hydrogens (tertiary/aromatic N) is 4.